The number of β-amino-alcohol motifs (C(OH)–C–C–N with tert-alkyl or cyclic N) is 1. The number of anilines is 1. The van der Waals surface area contributed by atoms with Gasteiger partial charge in [0.15, 0.2) is 0 Å². The first-order valence-corrected chi connectivity index (χ1v) is 15.7. The van der Waals surface area contributed by atoms with Crippen molar-refractivity contribution in [3.63, 3.8) is 0 Å². The number of likely N-dealkylation sites (tertiary alicyclic amines) is 1. The van der Waals surface area contributed by atoms with Crippen LogP contribution in [0.2, 0.25) is 0 Å². The number of thiophene rings is 1. The smallest absolute Gasteiger partial charge is 0.242 e. The molecule has 2 aromatic carbocycles. The minimum atomic E-state index is -0.633. The number of nitrogens with zero attached hydrogens (tertiary/aromatic N) is 4. The molecule has 8 nitrogen and oxygen atoms in total. The molecule has 2 N–H and O–H groups in total. The number of benzene rings is 2. The number of ether oxygens (including phenoxy) is 1. The molecule has 9 heteroatoms. The highest BCUT2D eigenvalue weighted by atomic mass is 32.1. The number of pyridine rings is 1. The summed E-state index contributed by atoms with van der Waals surface area (Å²) >= 11 is 1.64. The van der Waals surface area contributed by atoms with Crippen LogP contribution in [0.4, 0.5) is 5.69 Å². The molecule has 4 heterocycles. The van der Waals surface area contributed by atoms with Gasteiger partial charge in [-0.05, 0) is 77.2 Å². The van der Waals surface area contributed by atoms with Gasteiger partial charge >= 0.3 is 0 Å². The topological polar surface area (TPSA) is 81.2 Å². The number of fused-ring (bicyclic) bond motifs is 1. The second-order valence-corrected chi connectivity index (χ2v) is 12.0. The third-order valence-electron chi connectivity index (χ3n) is 8.61. The van der Waals surface area contributed by atoms with E-state index in [4.69, 9.17) is 4.74 Å². The summed E-state index contributed by atoms with van der Waals surface area (Å²) in [6, 6.07) is 20.1. The number of hydrogen-bond acceptors (Lipinski definition) is 8. The molecule has 2 aliphatic rings. The summed E-state index contributed by atoms with van der Waals surface area (Å²) in [5.74, 6) is 0.844. The van der Waals surface area contributed by atoms with Crippen molar-refractivity contribution in [1.82, 2.24) is 20.1 Å². The summed E-state index contributed by atoms with van der Waals surface area (Å²) in [4.78, 5) is 25.2. The zero-order chi connectivity index (χ0) is 28.9. The van der Waals surface area contributed by atoms with E-state index in [-0.39, 0.29) is 18.0 Å². The van der Waals surface area contributed by atoms with Gasteiger partial charge in [0.2, 0.25) is 5.91 Å². The van der Waals surface area contributed by atoms with Gasteiger partial charge in [-0.25, -0.2) is 0 Å². The summed E-state index contributed by atoms with van der Waals surface area (Å²) in [6.45, 7) is 5.68. The van der Waals surface area contributed by atoms with E-state index >= 15 is 0 Å². The summed E-state index contributed by atoms with van der Waals surface area (Å²) < 4.78 is 5.39. The lowest BCUT2D eigenvalue weighted by molar-refractivity contribution is -0.128. The fourth-order valence-corrected chi connectivity index (χ4v) is 6.96. The van der Waals surface area contributed by atoms with Crippen LogP contribution in [0.3, 0.4) is 0 Å². The largest absolute Gasteiger partial charge is 0.497 e. The number of hydrogen-bond donors (Lipinski definition) is 2. The summed E-state index contributed by atoms with van der Waals surface area (Å²) in [5.41, 5.74) is 4.02. The molecule has 6 rings (SSSR count). The Labute approximate surface area is 251 Å². The third-order valence-corrected chi connectivity index (χ3v) is 9.32. The second kappa shape index (κ2) is 13.2. The predicted molar refractivity (Wildman–Crippen MR) is 168 cm³/mol. The highest BCUT2D eigenvalue weighted by molar-refractivity contribution is 7.08. The zero-order valence-electron chi connectivity index (χ0n) is 24.1. The number of carbonyl (C=O) groups is 1. The van der Waals surface area contributed by atoms with Crippen molar-refractivity contribution in [2.75, 3.05) is 57.8 Å². The number of rotatable bonds is 9. The van der Waals surface area contributed by atoms with E-state index < -0.39 is 6.10 Å². The lowest BCUT2D eigenvalue weighted by Crippen LogP contribution is -2.53. The highest BCUT2D eigenvalue weighted by Crippen LogP contribution is 2.29. The Bertz CT molecular complexity index is 1450. The predicted octanol–water partition coefficient (Wildman–Crippen LogP) is 4.48. The van der Waals surface area contributed by atoms with Crippen LogP contribution >= 0.6 is 11.3 Å². The number of carbonyl (C=O) groups excluding carboxylic acids is 1. The van der Waals surface area contributed by atoms with Crippen LogP contribution in [0.5, 0.6) is 5.75 Å². The first-order valence-electron chi connectivity index (χ1n) is 14.8. The Hall–Kier alpha value is -3.50. The summed E-state index contributed by atoms with van der Waals surface area (Å²) in [6.07, 6.45) is 2.84. The molecule has 4 aromatic rings. The molecular weight excluding hydrogens is 546 g/mol. The first-order chi connectivity index (χ1) is 20.6. The van der Waals surface area contributed by atoms with E-state index in [1.165, 1.54) is 5.69 Å². The van der Waals surface area contributed by atoms with Crippen molar-refractivity contribution >= 4 is 33.8 Å². The van der Waals surface area contributed by atoms with Gasteiger partial charge in [-0.2, -0.15) is 11.3 Å². The quantitative estimate of drug-likeness (QED) is 0.300. The summed E-state index contributed by atoms with van der Waals surface area (Å²) in [7, 11) is 1.64. The number of amides is 1. The van der Waals surface area contributed by atoms with Crippen molar-refractivity contribution in [2.45, 2.75) is 31.0 Å². The van der Waals surface area contributed by atoms with Crippen LogP contribution in [0, 0.1) is 0 Å². The van der Waals surface area contributed by atoms with Gasteiger partial charge in [0, 0.05) is 69.1 Å². The molecule has 2 atom stereocenters. The van der Waals surface area contributed by atoms with Crippen molar-refractivity contribution in [3.05, 3.63) is 88.7 Å². The molecular formula is C33H39N5O3S. The Balaban J connectivity index is 1.04. The molecule has 2 aromatic heterocycles. The lowest BCUT2D eigenvalue weighted by atomic mass is 10.00. The average molecular weight is 586 g/mol. The zero-order valence-corrected chi connectivity index (χ0v) is 24.9. The SMILES string of the molecule is COc1ccc2nccc([C@@H](O)CN3CCC(NC(=O)C(c4ccsc4)N4CCN(c5ccccc5)CC4)CC3)c2c1. The Kier molecular flexibility index (Phi) is 9.00. The highest BCUT2D eigenvalue weighted by Gasteiger charge is 2.33. The molecule has 1 unspecified atom stereocenters. The Morgan fingerprint density at radius 3 is 2.55 bits per heavy atom. The standard InChI is InChI=1S/C33H39N5O3S/c1-41-27-7-8-30-29(21-27)28(9-13-34-30)31(39)22-36-14-10-25(11-15-36)35-33(40)32(24-12-20-42-23-24)38-18-16-37(17-19-38)26-5-3-2-4-6-26/h2-9,12-13,20-21,23,25,31-32,39H,10-11,14-19,22H2,1H3,(H,35,40)/t31-,32?/m0/s1. The van der Waals surface area contributed by atoms with Gasteiger partial charge in [-0.1, -0.05) is 18.2 Å². The Morgan fingerprint density at radius 1 is 1.05 bits per heavy atom. The van der Waals surface area contributed by atoms with Crippen LogP contribution in [-0.2, 0) is 4.79 Å². The molecule has 2 aliphatic heterocycles. The fraction of sp³-hybridized carbons (Fsp3) is 0.394. The van der Waals surface area contributed by atoms with E-state index in [0.29, 0.717) is 6.54 Å². The van der Waals surface area contributed by atoms with Crippen LogP contribution in [0.15, 0.2) is 77.6 Å². The Morgan fingerprint density at radius 2 is 1.83 bits per heavy atom. The lowest BCUT2D eigenvalue weighted by Gasteiger charge is -2.40. The molecule has 2 saturated heterocycles. The fourth-order valence-electron chi connectivity index (χ4n) is 6.28. The van der Waals surface area contributed by atoms with Crippen molar-refractivity contribution in [3.8, 4) is 5.75 Å². The number of piperidine rings is 1. The minimum Gasteiger partial charge on any atom is -0.497 e. The number of piperazine rings is 1. The summed E-state index contributed by atoms with van der Waals surface area (Å²) in [5, 5.41) is 19.6. The van der Waals surface area contributed by atoms with Gasteiger partial charge < -0.3 is 25.0 Å². The molecule has 2 fully saturated rings. The van der Waals surface area contributed by atoms with Crippen molar-refractivity contribution in [2.24, 2.45) is 0 Å². The van der Waals surface area contributed by atoms with Crippen LogP contribution in [0.1, 0.15) is 36.1 Å². The van der Waals surface area contributed by atoms with Crippen LogP contribution < -0.4 is 15.0 Å². The van der Waals surface area contributed by atoms with E-state index in [1.807, 2.05) is 30.3 Å². The van der Waals surface area contributed by atoms with Gasteiger partial charge in [-0.3, -0.25) is 14.7 Å². The monoisotopic (exact) mass is 585 g/mol. The van der Waals surface area contributed by atoms with E-state index in [2.05, 4.69) is 66.1 Å². The first kappa shape index (κ1) is 28.6. The molecule has 42 heavy (non-hydrogen) atoms. The maximum Gasteiger partial charge on any atom is 0.242 e. The molecule has 0 spiro atoms. The van der Waals surface area contributed by atoms with E-state index in [1.54, 1.807) is 24.6 Å². The second-order valence-electron chi connectivity index (χ2n) is 11.2. The van der Waals surface area contributed by atoms with Crippen molar-refractivity contribution < 1.29 is 14.6 Å². The molecule has 220 valence electrons. The van der Waals surface area contributed by atoms with Gasteiger partial charge in [0.25, 0.3) is 0 Å². The number of nitrogens with one attached hydrogen (secondary N) is 1. The molecule has 0 aliphatic carbocycles. The number of aliphatic hydroxyl groups excluding tert-OH is 1. The third kappa shape index (κ3) is 6.44. The van der Waals surface area contributed by atoms with Crippen LogP contribution in [-0.4, -0.2) is 84.8 Å². The minimum absolute atomic E-state index is 0.0947. The van der Waals surface area contributed by atoms with Crippen LogP contribution in [0.25, 0.3) is 10.9 Å². The van der Waals surface area contributed by atoms with Gasteiger partial charge in [0.05, 0.1) is 18.7 Å². The maximum absolute atomic E-state index is 13.8. The average Bonchev–Trinajstić information content (AvgIpc) is 3.56. The normalized spacial score (nSPS) is 18.6. The van der Waals surface area contributed by atoms with Crippen molar-refractivity contribution in [1.29, 1.82) is 0 Å². The molecule has 0 bridgehead atoms. The maximum atomic E-state index is 13.8. The van der Waals surface area contributed by atoms with Gasteiger partial charge in [0.1, 0.15) is 11.8 Å². The number of methoxy groups -OCH3 is 1. The number of aromatic nitrogens is 1. The molecule has 0 saturated carbocycles. The van der Waals surface area contributed by atoms with E-state index in [9.17, 15) is 9.90 Å². The number of aliphatic hydroxyl groups is 1. The van der Waals surface area contributed by atoms with E-state index in [0.717, 1.165) is 79.9 Å². The molecule has 1 amide bonds. The molecule has 0 radical (unpaired) electrons. The number of para-hydroxylation sites is 1. The van der Waals surface area contributed by atoms with Gasteiger partial charge in [-0.15, -0.1) is 0 Å².